The highest BCUT2D eigenvalue weighted by Gasteiger charge is 2.18. The summed E-state index contributed by atoms with van der Waals surface area (Å²) in [6.45, 7) is 7.47. The number of benzene rings is 1. The highest BCUT2D eigenvalue weighted by atomic mass is 16.5. The van der Waals surface area contributed by atoms with Crippen molar-refractivity contribution in [3.63, 3.8) is 0 Å². The van der Waals surface area contributed by atoms with Gasteiger partial charge in [0.1, 0.15) is 11.3 Å². The number of carbonyl (C=O) groups is 1. The Kier molecular flexibility index (Phi) is 4.46. The third kappa shape index (κ3) is 2.72. The van der Waals surface area contributed by atoms with E-state index in [1.54, 1.807) is 25.1 Å². The summed E-state index contributed by atoms with van der Waals surface area (Å²) in [4.78, 5) is 15.0. The van der Waals surface area contributed by atoms with Gasteiger partial charge in [0.05, 0.1) is 12.3 Å². The van der Waals surface area contributed by atoms with Crippen LogP contribution in [0.15, 0.2) is 23.2 Å². The number of hydrogen-bond acceptors (Lipinski definition) is 3. The number of carboxylic acid groups (broad SMARTS) is 1. The van der Waals surface area contributed by atoms with E-state index in [4.69, 9.17) is 4.74 Å². The SMILES string of the molecule is C=Nc1c(/C=C\C)ccc(OCC)c1C(=O)O. The highest BCUT2D eigenvalue weighted by Crippen LogP contribution is 2.33. The molecule has 0 saturated heterocycles. The summed E-state index contributed by atoms with van der Waals surface area (Å²) in [5.41, 5.74) is 1.10. The number of aromatic carboxylic acids is 1. The Morgan fingerprint density at radius 2 is 2.29 bits per heavy atom. The van der Waals surface area contributed by atoms with Crippen molar-refractivity contribution in [2.45, 2.75) is 13.8 Å². The molecule has 1 aromatic rings. The number of carboxylic acids is 1. The summed E-state index contributed by atoms with van der Waals surface area (Å²) < 4.78 is 5.28. The molecule has 1 N–H and O–H groups in total. The highest BCUT2D eigenvalue weighted by molar-refractivity contribution is 5.99. The lowest BCUT2D eigenvalue weighted by molar-refractivity contribution is 0.0693. The van der Waals surface area contributed by atoms with Gasteiger partial charge in [0.15, 0.2) is 0 Å². The first-order chi connectivity index (χ1) is 8.15. The van der Waals surface area contributed by atoms with Gasteiger partial charge < -0.3 is 9.84 Å². The van der Waals surface area contributed by atoms with Crippen LogP contribution in [0.4, 0.5) is 5.69 Å². The molecule has 0 heterocycles. The van der Waals surface area contributed by atoms with Crippen LogP contribution in [0.2, 0.25) is 0 Å². The Bertz CT molecular complexity index is 464. The fourth-order valence-electron chi connectivity index (χ4n) is 1.56. The molecule has 0 saturated carbocycles. The van der Waals surface area contributed by atoms with Gasteiger partial charge in [-0.05, 0) is 32.7 Å². The minimum absolute atomic E-state index is 0.0532. The topological polar surface area (TPSA) is 58.9 Å². The van der Waals surface area contributed by atoms with E-state index in [-0.39, 0.29) is 5.56 Å². The lowest BCUT2D eigenvalue weighted by atomic mass is 10.1. The Hall–Kier alpha value is -2.10. The van der Waals surface area contributed by atoms with Crippen LogP contribution < -0.4 is 4.74 Å². The predicted octanol–water partition coefficient (Wildman–Crippen LogP) is 3.15. The van der Waals surface area contributed by atoms with Crippen LogP contribution >= 0.6 is 0 Å². The number of nitrogens with zero attached hydrogens (tertiary/aromatic N) is 1. The monoisotopic (exact) mass is 233 g/mol. The van der Waals surface area contributed by atoms with E-state index in [0.29, 0.717) is 23.6 Å². The van der Waals surface area contributed by atoms with Crippen molar-refractivity contribution in [2.75, 3.05) is 6.61 Å². The molecular formula is C13H15NO3. The maximum Gasteiger partial charge on any atom is 0.341 e. The lowest BCUT2D eigenvalue weighted by Gasteiger charge is -2.11. The molecule has 1 rings (SSSR count). The molecule has 17 heavy (non-hydrogen) atoms. The average molecular weight is 233 g/mol. The van der Waals surface area contributed by atoms with Gasteiger partial charge in [0, 0.05) is 5.56 Å². The van der Waals surface area contributed by atoms with Gasteiger partial charge in [-0.25, -0.2) is 4.79 Å². The van der Waals surface area contributed by atoms with Crippen molar-refractivity contribution in [3.05, 3.63) is 29.3 Å². The van der Waals surface area contributed by atoms with Crippen LogP contribution in [0.5, 0.6) is 5.75 Å². The van der Waals surface area contributed by atoms with Gasteiger partial charge in [-0.3, -0.25) is 4.99 Å². The molecule has 0 spiro atoms. The van der Waals surface area contributed by atoms with Crippen molar-refractivity contribution in [1.29, 1.82) is 0 Å². The molecule has 4 nitrogen and oxygen atoms in total. The predicted molar refractivity (Wildman–Crippen MR) is 68.5 cm³/mol. The van der Waals surface area contributed by atoms with Crippen LogP contribution in [0.25, 0.3) is 6.08 Å². The van der Waals surface area contributed by atoms with Crippen LogP contribution in [0.1, 0.15) is 29.8 Å². The van der Waals surface area contributed by atoms with Gasteiger partial charge in [0.2, 0.25) is 0 Å². The van der Waals surface area contributed by atoms with E-state index in [1.165, 1.54) is 0 Å². The molecule has 0 aliphatic heterocycles. The molecule has 0 atom stereocenters. The van der Waals surface area contributed by atoms with Crippen molar-refractivity contribution < 1.29 is 14.6 Å². The molecular weight excluding hydrogens is 218 g/mol. The van der Waals surface area contributed by atoms with Crippen molar-refractivity contribution in [3.8, 4) is 5.75 Å². The van der Waals surface area contributed by atoms with Gasteiger partial charge in [-0.15, -0.1) is 0 Å². The maximum absolute atomic E-state index is 11.2. The second-order valence-corrected chi connectivity index (χ2v) is 3.27. The number of ether oxygens (including phenoxy) is 1. The summed E-state index contributed by atoms with van der Waals surface area (Å²) >= 11 is 0. The van der Waals surface area contributed by atoms with Gasteiger partial charge in [-0.2, -0.15) is 0 Å². The summed E-state index contributed by atoms with van der Waals surface area (Å²) in [5.74, 6) is -0.752. The Labute approximate surface area is 100 Å². The first kappa shape index (κ1) is 13.0. The Balaban J connectivity index is 3.49. The van der Waals surface area contributed by atoms with E-state index in [0.717, 1.165) is 0 Å². The van der Waals surface area contributed by atoms with Gasteiger partial charge in [-0.1, -0.05) is 12.2 Å². The van der Waals surface area contributed by atoms with Crippen molar-refractivity contribution in [1.82, 2.24) is 0 Å². The Morgan fingerprint density at radius 3 is 2.76 bits per heavy atom. The lowest BCUT2D eigenvalue weighted by Crippen LogP contribution is -2.04. The maximum atomic E-state index is 11.2. The van der Waals surface area contributed by atoms with Crippen LogP contribution in [-0.2, 0) is 0 Å². The molecule has 0 bridgehead atoms. The average Bonchev–Trinajstić information content (AvgIpc) is 2.30. The van der Waals surface area contributed by atoms with Gasteiger partial charge in [0.25, 0.3) is 0 Å². The van der Waals surface area contributed by atoms with Crippen molar-refractivity contribution in [2.24, 2.45) is 4.99 Å². The summed E-state index contributed by atoms with van der Waals surface area (Å²) in [6, 6.07) is 3.40. The second kappa shape index (κ2) is 5.84. The fourth-order valence-corrected chi connectivity index (χ4v) is 1.56. The van der Waals surface area contributed by atoms with E-state index < -0.39 is 5.97 Å². The number of hydrogen-bond donors (Lipinski definition) is 1. The molecule has 0 unspecified atom stereocenters. The largest absolute Gasteiger partial charge is 0.493 e. The molecule has 0 aliphatic rings. The molecule has 0 aliphatic carbocycles. The minimum atomic E-state index is -1.07. The summed E-state index contributed by atoms with van der Waals surface area (Å²) in [5, 5.41) is 9.21. The second-order valence-electron chi connectivity index (χ2n) is 3.27. The molecule has 4 heteroatoms. The molecule has 1 aromatic carbocycles. The van der Waals surface area contributed by atoms with E-state index in [2.05, 4.69) is 11.7 Å². The van der Waals surface area contributed by atoms with E-state index >= 15 is 0 Å². The van der Waals surface area contributed by atoms with E-state index in [1.807, 2.05) is 13.0 Å². The van der Waals surface area contributed by atoms with Crippen LogP contribution in [0, 0.1) is 0 Å². The third-order valence-corrected chi connectivity index (χ3v) is 2.19. The van der Waals surface area contributed by atoms with Gasteiger partial charge >= 0.3 is 5.97 Å². The molecule has 0 radical (unpaired) electrons. The fraction of sp³-hybridized carbons (Fsp3) is 0.231. The molecule has 0 fully saturated rings. The quantitative estimate of drug-likeness (QED) is 0.795. The standard InChI is InChI=1S/C13H15NO3/c1-4-6-9-7-8-10(17-5-2)11(13(15)16)12(9)14-3/h4,6-8H,3,5H2,1-2H3,(H,15,16)/b6-4-. The summed E-state index contributed by atoms with van der Waals surface area (Å²) in [6.07, 6.45) is 3.60. The van der Waals surface area contributed by atoms with Crippen molar-refractivity contribution >= 4 is 24.5 Å². The minimum Gasteiger partial charge on any atom is -0.493 e. The third-order valence-electron chi connectivity index (χ3n) is 2.19. The number of rotatable bonds is 5. The molecule has 0 aromatic heterocycles. The van der Waals surface area contributed by atoms with Crippen LogP contribution in [-0.4, -0.2) is 24.4 Å². The van der Waals surface area contributed by atoms with Crippen LogP contribution in [0.3, 0.4) is 0 Å². The smallest absolute Gasteiger partial charge is 0.341 e. The zero-order chi connectivity index (χ0) is 12.8. The molecule has 0 amide bonds. The van der Waals surface area contributed by atoms with E-state index in [9.17, 15) is 9.90 Å². The summed E-state index contributed by atoms with van der Waals surface area (Å²) in [7, 11) is 0. The first-order valence-corrected chi connectivity index (χ1v) is 5.28. The number of aliphatic imine (C=N–C) groups is 1. The Morgan fingerprint density at radius 1 is 1.59 bits per heavy atom. The number of allylic oxidation sites excluding steroid dienone is 1. The first-order valence-electron chi connectivity index (χ1n) is 5.28. The normalized spacial score (nSPS) is 10.5. The zero-order valence-corrected chi connectivity index (χ0v) is 9.93. The molecule has 90 valence electrons. The zero-order valence-electron chi connectivity index (χ0n) is 9.93.